The van der Waals surface area contributed by atoms with Gasteiger partial charge in [-0.1, -0.05) is 194 Å². The van der Waals surface area contributed by atoms with E-state index in [1.807, 2.05) is 0 Å². The van der Waals surface area contributed by atoms with Gasteiger partial charge in [0.05, 0.1) is 0 Å². The van der Waals surface area contributed by atoms with Crippen LogP contribution in [0.1, 0.15) is 57.9 Å². The molecule has 12 aromatic carbocycles. The standard InChI is InChI=1S/C92H70N8/c1-9-25-69(26-10-1)97(70-27-11-2-12-28-70)77-49-41-65(42-50-77)89-81-57-59-83(93-81)90(66-43-51-78(52-44-66)98(71-29-13-3-14-30-71)72-31-15-4-16-32-72)85-61-63-87(95-85)92(68-47-55-80(56-48-68)100(75-37-21-7-22-38-75)76-39-23-8-24-40-76)88-64-62-86(96-88)91(84-60-58-82(89)94-84)67-45-53-79(54-46-67)99(73-33-17-5-18-34-73)74-35-19-6-20-36-74/h1-61,63,93-96H,62,64H2. The molecule has 0 spiro atoms. The van der Waals surface area contributed by atoms with Gasteiger partial charge in [0.1, 0.15) is 0 Å². The smallest absolute Gasteiger partial charge is 0.0485 e. The molecule has 17 rings (SSSR count). The highest BCUT2D eigenvalue weighted by Gasteiger charge is 2.28. The molecule has 100 heavy (non-hydrogen) atoms. The molecule has 2 aliphatic heterocycles. The first-order valence-electron chi connectivity index (χ1n) is 34.2. The van der Waals surface area contributed by atoms with E-state index < -0.39 is 0 Å². The summed E-state index contributed by atoms with van der Waals surface area (Å²) in [6, 6.07) is 135. The van der Waals surface area contributed by atoms with Gasteiger partial charge < -0.3 is 39.9 Å². The van der Waals surface area contributed by atoms with Crippen LogP contribution in [0.2, 0.25) is 0 Å². The van der Waals surface area contributed by atoms with Crippen molar-refractivity contribution in [1.82, 2.24) is 20.3 Å². The largest absolute Gasteiger partial charge is 0.361 e. The number of nitrogens with one attached hydrogen (secondary N) is 4. The maximum Gasteiger partial charge on any atom is 0.0485 e. The molecule has 0 saturated carbocycles. The molecule has 1 saturated heterocycles. The highest BCUT2D eigenvalue weighted by Crippen LogP contribution is 2.44. The molecule has 8 heteroatoms. The second-order valence-corrected chi connectivity index (χ2v) is 25.2. The number of rotatable bonds is 16. The summed E-state index contributed by atoms with van der Waals surface area (Å²) in [4.78, 5) is 21.6. The van der Waals surface area contributed by atoms with Gasteiger partial charge in [-0.15, -0.1) is 0 Å². The zero-order chi connectivity index (χ0) is 66.6. The molecule has 0 radical (unpaired) electrons. The van der Waals surface area contributed by atoms with Gasteiger partial charge in [0, 0.05) is 135 Å². The average molecular weight is 1290 g/mol. The van der Waals surface area contributed by atoms with E-state index in [-0.39, 0.29) is 0 Å². The van der Waals surface area contributed by atoms with Gasteiger partial charge in [0.2, 0.25) is 0 Å². The van der Waals surface area contributed by atoms with Gasteiger partial charge >= 0.3 is 0 Å². The van der Waals surface area contributed by atoms with E-state index in [4.69, 9.17) is 0 Å². The van der Waals surface area contributed by atoms with E-state index in [2.05, 4.69) is 416 Å². The van der Waals surface area contributed by atoms with Crippen LogP contribution in [0.5, 0.6) is 0 Å². The van der Waals surface area contributed by atoms with Gasteiger partial charge in [-0.3, -0.25) is 0 Å². The Hall–Kier alpha value is -13.3. The summed E-state index contributed by atoms with van der Waals surface area (Å²) in [7, 11) is 0. The zero-order valence-electron chi connectivity index (χ0n) is 55.0. The predicted octanol–water partition coefficient (Wildman–Crippen LogP) is 22.0. The zero-order valence-corrected chi connectivity index (χ0v) is 55.0. The molecule has 0 aliphatic carbocycles. The monoisotopic (exact) mass is 1290 g/mol. The Morgan fingerprint density at radius 3 is 0.580 bits per heavy atom. The average Bonchev–Trinajstić information content (AvgIpc) is 1.63. The van der Waals surface area contributed by atoms with Crippen molar-refractivity contribution in [3.8, 4) is 0 Å². The van der Waals surface area contributed by atoms with Crippen LogP contribution < -0.4 is 35.6 Å². The maximum absolute atomic E-state index is 4.19. The first-order chi connectivity index (χ1) is 49.6. The summed E-state index contributed by atoms with van der Waals surface area (Å²) in [6.07, 6.45) is 1.55. The number of allylic oxidation sites excluding steroid dienone is 2. The minimum absolute atomic E-state index is 0.773. The van der Waals surface area contributed by atoms with Crippen LogP contribution in [-0.2, 0) is 0 Å². The van der Waals surface area contributed by atoms with Crippen molar-refractivity contribution in [3.05, 3.63) is 443 Å². The van der Waals surface area contributed by atoms with E-state index in [0.29, 0.717) is 0 Å². The number of aromatic nitrogens is 3. The Kier molecular flexibility index (Phi) is 16.3. The summed E-state index contributed by atoms with van der Waals surface area (Å²) in [5.41, 5.74) is 27.7. The number of hydrogen-bond donors (Lipinski definition) is 4. The Balaban J connectivity index is 0.873. The lowest BCUT2D eigenvalue weighted by Gasteiger charge is -2.26. The topological polar surface area (TPSA) is 72.4 Å². The molecule has 5 heterocycles. The first-order valence-corrected chi connectivity index (χ1v) is 34.2. The number of para-hydroxylation sites is 8. The Bertz CT molecular complexity index is 5000. The fourth-order valence-corrected chi connectivity index (χ4v) is 14.4. The van der Waals surface area contributed by atoms with Crippen molar-refractivity contribution in [3.63, 3.8) is 0 Å². The third kappa shape index (κ3) is 12.0. The summed E-state index contributed by atoms with van der Waals surface area (Å²) < 4.78 is 0. The fraction of sp³-hybridized carbons (Fsp3) is 0.0217. The molecule has 8 nitrogen and oxygen atoms in total. The molecule has 15 aromatic rings. The van der Waals surface area contributed by atoms with Crippen LogP contribution in [0.15, 0.2) is 388 Å². The Labute approximate surface area is 583 Å². The lowest BCUT2D eigenvalue weighted by Crippen LogP contribution is -2.18. The van der Waals surface area contributed by atoms with E-state index >= 15 is 0 Å². The summed E-state index contributed by atoms with van der Waals surface area (Å²) in [5.74, 6) is 0. The van der Waals surface area contributed by atoms with Crippen molar-refractivity contribution in [2.24, 2.45) is 0 Å². The van der Waals surface area contributed by atoms with Crippen molar-refractivity contribution in [1.29, 1.82) is 0 Å². The molecule has 4 N–H and O–H groups in total. The molecule has 1 fully saturated rings. The van der Waals surface area contributed by atoms with Crippen LogP contribution in [0.25, 0.3) is 22.3 Å². The maximum atomic E-state index is 4.19. The number of anilines is 12. The van der Waals surface area contributed by atoms with E-state index in [1.165, 1.54) is 0 Å². The molecular weight excluding hydrogens is 1220 g/mol. The lowest BCUT2D eigenvalue weighted by molar-refractivity contribution is 1.05. The number of H-pyrrole nitrogens is 3. The van der Waals surface area contributed by atoms with Crippen molar-refractivity contribution in [2.45, 2.75) is 12.8 Å². The third-order valence-electron chi connectivity index (χ3n) is 19.0. The second-order valence-electron chi connectivity index (χ2n) is 25.2. The normalized spacial score (nSPS) is 12.7. The number of hydrogen-bond acceptors (Lipinski definition) is 5. The van der Waals surface area contributed by atoms with Crippen LogP contribution in [-0.4, -0.2) is 15.0 Å². The summed E-state index contributed by atoms with van der Waals surface area (Å²) in [5, 5.41) is 6.12. The minimum Gasteiger partial charge on any atom is -0.361 e. The number of benzene rings is 12. The number of nitrogens with zero attached hydrogens (tertiary/aromatic N) is 4. The van der Waals surface area contributed by atoms with Crippen LogP contribution in [0.3, 0.4) is 0 Å². The number of fused-ring (bicyclic) bond motifs is 8. The second kappa shape index (κ2) is 27.1. The van der Waals surface area contributed by atoms with Gasteiger partial charge in [0.25, 0.3) is 0 Å². The van der Waals surface area contributed by atoms with Crippen LogP contribution in [0.4, 0.5) is 68.2 Å². The molecule has 0 unspecified atom stereocenters. The molecule has 478 valence electrons. The molecule has 0 amide bonds. The first kappa shape index (κ1) is 60.4. The van der Waals surface area contributed by atoms with Crippen LogP contribution >= 0.6 is 0 Å². The van der Waals surface area contributed by atoms with Gasteiger partial charge in [0.15, 0.2) is 0 Å². The van der Waals surface area contributed by atoms with Crippen molar-refractivity contribution < 1.29 is 0 Å². The predicted molar refractivity (Wildman–Crippen MR) is 414 cm³/mol. The van der Waals surface area contributed by atoms with Gasteiger partial charge in [-0.2, -0.15) is 0 Å². The van der Waals surface area contributed by atoms with Gasteiger partial charge in [-0.05, 0) is 217 Å². The minimum atomic E-state index is 0.773. The molecule has 8 bridgehead atoms. The lowest BCUT2D eigenvalue weighted by atomic mass is 9.98. The molecular formula is C92H70N8. The summed E-state index contributed by atoms with van der Waals surface area (Å²) >= 11 is 0. The SMILES string of the molecule is c1ccc(N(c2ccccc2)c2ccc(C3=C4CCC(=C(c5ccc(N(c6ccccc6)c6ccccc6)cc5)c5ccc([nH]5)C(c5ccc(N(c6ccccc6)c6ccccc6)cc5)=c5ccc([nH]5)=C(c5ccc(N(c6ccccc6)c6ccccc6)cc5)c5ccc3[nH]5)N4)cc2)cc1. The highest BCUT2D eigenvalue weighted by atomic mass is 15.2. The summed E-state index contributed by atoms with van der Waals surface area (Å²) in [6.45, 7) is 0. The Morgan fingerprint density at radius 2 is 0.360 bits per heavy atom. The highest BCUT2D eigenvalue weighted by molar-refractivity contribution is 5.91. The van der Waals surface area contributed by atoms with E-state index in [9.17, 15) is 0 Å². The fourth-order valence-electron chi connectivity index (χ4n) is 14.4. The van der Waals surface area contributed by atoms with E-state index in [0.717, 1.165) is 171 Å². The van der Waals surface area contributed by atoms with Gasteiger partial charge in [-0.25, -0.2) is 0 Å². The van der Waals surface area contributed by atoms with Crippen LogP contribution in [0, 0.1) is 0 Å². The molecule has 2 aliphatic rings. The Morgan fingerprint density at radius 1 is 0.170 bits per heavy atom. The van der Waals surface area contributed by atoms with Crippen molar-refractivity contribution >= 4 is 90.5 Å². The quantitative estimate of drug-likeness (QED) is 0.0776. The molecule has 0 atom stereocenters. The third-order valence-corrected chi connectivity index (χ3v) is 19.0. The van der Waals surface area contributed by atoms with E-state index in [1.54, 1.807) is 0 Å². The van der Waals surface area contributed by atoms with Crippen molar-refractivity contribution in [2.75, 3.05) is 19.6 Å². The number of aromatic amines is 3. The molecule has 3 aromatic heterocycles.